The van der Waals surface area contributed by atoms with Crippen LogP contribution in [-0.4, -0.2) is 9.97 Å². The van der Waals surface area contributed by atoms with Crippen molar-refractivity contribution in [3.8, 4) is 11.4 Å². The number of hydrogen-bond acceptors (Lipinski definition) is 2. The van der Waals surface area contributed by atoms with E-state index < -0.39 is 0 Å². The van der Waals surface area contributed by atoms with Crippen LogP contribution in [0.25, 0.3) is 22.4 Å². The van der Waals surface area contributed by atoms with Crippen molar-refractivity contribution < 1.29 is 0 Å². The highest BCUT2D eigenvalue weighted by atomic mass is 79.9. The number of benzene rings is 2. The molecule has 0 aliphatic rings. The Kier molecular flexibility index (Phi) is 2.82. The molecular weight excluding hydrogens is 302 g/mol. The van der Waals surface area contributed by atoms with Gasteiger partial charge < -0.3 is 10.7 Å². The number of nitrogens with two attached hydrogens (primary N) is 1. The second-order valence-electron chi connectivity index (χ2n) is 4.74. The largest absolute Gasteiger partial charge is 0.398 e. The maximum absolute atomic E-state index is 6.14. The molecule has 0 spiro atoms. The van der Waals surface area contributed by atoms with E-state index in [-0.39, 0.29) is 0 Å². The van der Waals surface area contributed by atoms with Gasteiger partial charge >= 0.3 is 0 Å². The summed E-state index contributed by atoms with van der Waals surface area (Å²) in [7, 11) is 0. The molecule has 1 aromatic heterocycles. The fourth-order valence-electron chi connectivity index (χ4n) is 2.26. The standard InChI is InChI=1S/C15H14BrN3/c1-8-4-3-5-11(13(8)17)15-18-12-7-10(16)6-9(2)14(12)19-15/h3-7H,17H2,1-2H3,(H,18,19). The zero-order chi connectivity index (χ0) is 13.6. The Labute approximate surface area is 120 Å². The van der Waals surface area contributed by atoms with Crippen molar-refractivity contribution in [2.45, 2.75) is 13.8 Å². The van der Waals surface area contributed by atoms with Crippen LogP contribution in [0.3, 0.4) is 0 Å². The van der Waals surface area contributed by atoms with Gasteiger partial charge in [0.05, 0.1) is 11.0 Å². The summed E-state index contributed by atoms with van der Waals surface area (Å²) in [6.07, 6.45) is 0. The van der Waals surface area contributed by atoms with E-state index >= 15 is 0 Å². The van der Waals surface area contributed by atoms with Crippen LogP contribution in [0.1, 0.15) is 11.1 Å². The van der Waals surface area contributed by atoms with E-state index in [1.165, 1.54) is 0 Å². The molecule has 0 saturated heterocycles. The molecule has 0 saturated carbocycles. The number of imidazole rings is 1. The van der Waals surface area contributed by atoms with Gasteiger partial charge in [0.2, 0.25) is 0 Å². The van der Waals surface area contributed by atoms with Gasteiger partial charge in [-0.3, -0.25) is 0 Å². The first-order valence-corrected chi connectivity index (χ1v) is 6.87. The molecule has 0 radical (unpaired) electrons. The Hall–Kier alpha value is -1.81. The van der Waals surface area contributed by atoms with Crippen LogP contribution in [0.15, 0.2) is 34.8 Å². The van der Waals surface area contributed by atoms with Crippen molar-refractivity contribution in [1.29, 1.82) is 0 Å². The number of nitrogens with one attached hydrogen (secondary N) is 1. The van der Waals surface area contributed by atoms with Gasteiger partial charge in [-0.25, -0.2) is 4.98 Å². The molecule has 0 fully saturated rings. The van der Waals surface area contributed by atoms with Gasteiger partial charge in [-0.1, -0.05) is 28.1 Å². The lowest BCUT2D eigenvalue weighted by molar-refractivity contribution is 1.32. The summed E-state index contributed by atoms with van der Waals surface area (Å²) in [4.78, 5) is 8.01. The summed E-state index contributed by atoms with van der Waals surface area (Å²) in [6, 6.07) is 10.1. The molecule has 19 heavy (non-hydrogen) atoms. The Morgan fingerprint density at radius 2 is 1.95 bits per heavy atom. The Balaban J connectivity index is 2.26. The maximum atomic E-state index is 6.14. The van der Waals surface area contributed by atoms with Crippen molar-refractivity contribution >= 4 is 32.7 Å². The maximum Gasteiger partial charge on any atom is 0.140 e. The van der Waals surface area contributed by atoms with Gasteiger partial charge in [-0.15, -0.1) is 0 Å². The highest BCUT2D eigenvalue weighted by Gasteiger charge is 2.11. The van der Waals surface area contributed by atoms with E-state index in [1.807, 2.05) is 31.2 Å². The van der Waals surface area contributed by atoms with Gasteiger partial charge in [0.1, 0.15) is 5.82 Å². The fourth-order valence-corrected chi connectivity index (χ4v) is 2.83. The molecule has 0 amide bonds. The molecule has 3 aromatic rings. The average Bonchev–Trinajstić information content (AvgIpc) is 2.76. The lowest BCUT2D eigenvalue weighted by Crippen LogP contribution is -1.94. The second kappa shape index (κ2) is 4.38. The number of aromatic amines is 1. The molecule has 4 heteroatoms. The normalized spacial score (nSPS) is 11.1. The molecule has 2 aromatic carbocycles. The third-order valence-electron chi connectivity index (χ3n) is 3.32. The zero-order valence-electron chi connectivity index (χ0n) is 10.8. The van der Waals surface area contributed by atoms with Crippen LogP contribution in [0.4, 0.5) is 5.69 Å². The Bertz CT molecular complexity index is 774. The van der Waals surface area contributed by atoms with Crippen LogP contribution in [0, 0.1) is 13.8 Å². The lowest BCUT2D eigenvalue weighted by Gasteiger charge is -2.04. The molecule has 1 heterocycles. The number of nitrogen functional groups attached to an aromatic ring is 1. The van der Waals surface area contributed by atoms with Gasteiger partial charge in [0.25, 0.3) is 0 Å². The minimum atomic E-state index is 0.776. The molecule has 3 nitrogen and oxygen atoms in total. The summed E-state index contributed by atoms with van der Waals surface area (Å²) >= 11 is 3.50. The molecule has 0 unspecified atom stereocenters. The van der Waals surface area contributed by atoms with Crippen molar-refractivity contribution in [3.63, 3.8) is 0 Å². The first-order valence-electron chi connectivity index (χ1n) is 6.07. The minimum absolute atomic E-state index is 0.776. The number of nitrogens with zero attached hydrogens (tertiary/aromatic N) is 1. The van der Waals surface area contributed by atoms with Crippen LogP contribution in [0.2, 0.25) is 0 Å². The quantitative estimate of drug-likeness (QED) is 0.661. The Morgan fingerprint density at radius 3 is 2.74 bits per heavy atom. The minimum Gasteiger partial charge on any atom is -0.398 e. The van der Waals surface area contributed by atoms with E-state index in [0.29, 0.717) is 0 Å². The van der Waals surface area contributed by atoms with Crippen LogP contribution >= 0.6 is 15.9 Å². The molecule has 96 valence electrons. The van der Waals surface area contributed by atoms with Crippen LogP contribution in [-0.2, 0) is 0 Å². The number of fused-ring (bicyclic) bond motifs is 1. The van der Waals surface area contributed by atoms with E-state index in [0.717, 1.165) is 43.7 Å². The predicted octanol–water partition coefficient (Wildman–Crippen LogP) is 4.19. The zero-order valence-corrected chi connectivity index (χ0v) is 12.4. The van der Waals surface area contributed by atoms with Gasteiger partial charge in [-0.2, -0.15) is 0 Å². The van der Waals surface area contributed by atoms with E-state index in [2.05, 4.69) is 38.9 Å². The molecule has 0 bridgehead atoms. The van der Waals surface area contributed by atoms with E-state index in [9.17, 15) is 0 Å². The highest BCUT2D eigenvalue weighted by Crippen LogP contribution is 2.30. The first-order chi connectivity index (χ1) is 9.06. The monoisotopic (exact) mass is 315 g/mol. The molecule has 0 atom stereocenters. The van der Waals surface area contributed by atoms with Gasteiger partial charge in [0.15, 0.2) is 0 Å². The number of para-hydroxylation sites is 1. The van der Waals surface area contributed by atoms with Gasteiger partial charge in [-0.05, 0) is 43.2 Å². The fraction of sp³-hybridized carbons (Fsp3) is 0.133. The average molecular weight is 316 g/mol. The van der Waals surface area contributed by atoms with Crippen molar-refractivity contribution in [2.24, 2.45) is 0 Å². The molecular formula is C15H14BrN3. The SMILES string of the molecule is Cc1cccc(-c2nc3c(C)cc(Br)cc3[nH]2)c1N. The topological polar surface area (TPSA) is 54.7 Å². The van der Waals surface area contributed by atoms with E-state index in [4.69, 9.17) is 5.73 Å². The van der Waals surface area contributed by atoms with Crippen molar-refractivity contribution in [2.75, 3.05) is 5.73 Å². The first kappa shape index (κ1) is 12.2. The third-order valence-corrected chi connectivity index (χ3v) is 3.78. The van der Waals surface area contributed by atoms with Crippen molar-refractivity contribution in [3.05, 3.63) is 45.9 Å². The highest BCUT2D eigenvalue weighted by molar-refractivity contribution is 9.10. The second-order valence-corrected chi connectivity index (χ2v) is 5.66. The molecule has 0 aliphatic heterocycles. The lowest BCUT2D eigenvalue weighted by atomic mass is 10.1. The smallest absolute Gasteiger partial charge is 0.140 e. The number of rotatable bonds is 1. The molecule has 0 aliphatic carbocycles. The third kappa shape index (κ3) is 2.02. The van der Waals surface area contributed by atoms with Crippen LogP contribution < -0.4 is 5.73 Å². The summed E-state index contributed by atoms with van der Waals surface area (Å²) in [5, 5.41) is 0. The summed E-state index contributed by atoms with van der Waals surface area (Å²) in [6.45, 7) is 4.06. The number of halogens is 1. The number of aryl methyl sites for hydroxylation is 2. The molecule has 3 N–H and O–H groups in total. The summed E-state index contributed by atoms with van der Waals surface area (Å²) in [5.41, 5.74) is 12.1. The number of hydrogen-bond donors (Lipinski definition) is 2. The van der Waals surface area contributed by atoms with Crippen molar-refractivity contribution in [1.82, 2.24) is 9.97 Å². The number of H-pyrrole nitrogens is 1. The Morgan fingerprint density at radius 1 is 1.16 bits per heavy atom. The summed E-state index contributed by atoms with van der Waals surface area (Å²) in [5.74, 6) is 0.817. The summed E-state index contributed by atoms with van der Waals surface area (Å²) < 4.78 is 1.05. The predicted molar refractivity (Wildman–Crippen MR) is 83.1 cm³/mol. The van der Waals surface area contributed by atoms with E-state index in [1.54, 1.807) is 0 Å². The van der Waals surface area contributed by atoms with Gasteiger partial charge in [0, 0.05) is 15.7 Å². The van der Waals surface area contributed by atoms with Crippen LogP contribution in [0.5, 0.6) is 0 Å². The molecule has 3 rings (SSSR count). The number of aromatic nitrogens is 2. The number of anilines is 1.